The van der Waals surface area contributed by atoms with Gasteiger partial charge in [-0.3, -0.25) is 9.59 Å². The number of rotatable bonds is 5. The van der Waals surface area contributed by atoms with Gasteiger partial charge >= 0.3 is 0 Å². The summed E-state index contributed by atoms with van der Waals surface area (Å²) in [6.45, 7) is 3.57. The van der Waals surface area contributed by atoms with Crippen LogP contribution in [0.25, 0.3) is 6.08 Å². The molecule has 0 radical (unpaired) electrons. The highest BCUT2D eigenvalue weighted by atomic mass is 16.5. The topological polar surface area (TPSA) is 89.5 Å². The third kappa shape index (κ3) is 5.08. The number of benzene rings is 2. The van der Waals surface area contributed by atoms with Gasteiger partial charge < -0.3 is 20.1 Å². The average Bonchev–Trinajstić information content (AvgIpc) is 2.73. The van der Waals surface area contributed by atoms with Gasteiger partial charge in [-0.05, 0) is 55.0 Å². The standard InChI is InChI=1S/C24H21N3O4/c1-15-4-3-5-19(10-15)27-24(29)18-11-17-12-20(6-7-22(17)30-14-18)31-21-8-9-25-23(13-21)26-16(2)28/h3-13H,14H2,1-2H3,(H,27,29)(H,25,26,28). The molecule has 0 bridgehead atoms. The number of ether oxygens (including phenoxy) is 2. The van der Waals surface area contributed by atoms with Crippen LogP contribution in [0.15, 0.2) is 66.4 Å². The SMILES string of the molecule is CC(=O)Nc1cc(Oc2ccc3c(c2)C=C(C(=O)Nc2cccc(C)c2)CO3)ccn1. The lowest BCUT2D eigenvalue weighted by molar-refractivity contribution is -0.114. The monoisotopic (exact) mass is 415 g/mol. The molecule has 0 aliphatic carbocycles. The molecule has 7 nitrogen and oxygen atoms in total. The van der Waals surface area contributed by atoms with Crippen LogP contribution in [-0.2, 0) is 9.59 Å². The van der Waals surface area contributed by atoms with E-state index in [9.17, 15) is 9.59 Å². The van der Waals surface area contributed by atoms with Crippen molar-refractivity contribution in [1.29, 1.82) is 0 Å². The van der Waals surface area contributed by atoms with E-state index >= 15 is 0 Å². The van der Waals surface area contributed by atoms with Gasteiger partial charge in [0.25, 0.3) is 5.91 Å². The van der Waals surface area contributed by atoms with E-state index in [1.54, 1.807) is 42.6 Å². The van der Waals surface area contributed by atoms with Crippen molar-refractivity contribution in [3.8, 4) is 17.2 Å². The number of nitrogens with one attached hydrogen (secondary N) is 2. The van der Waals surface area contributed by atoms with Crippen molar-refractivity contribution in [2.24, 2.45) is 0 Å². The first kappa shape index (κ1) is 20.2. The van der Waals surface area contributed by atoms with Crippen molar-refractivity contribution in [2.45, 2.75) is 13.8 Å². The Morgan fingerprint density at radius 3 is 2.68 bits per heavy atom. The van der Waals surface area contributed by atoms with Crippen LogP contribution in [-0.4, -0.2) is 23.4 Å². The molecular weight excluding hydrogens is 394 g/mol. The van der Waals surface area contributed by atoms with E-state index in [2.05, 4.69) is 15.6 Å². The van der Waals surface area contributed by atoms with E-state index in [1.165, 1.54) is 6.92 Å². The molecule has 1 aliphatic rings. The van der Waals surface area contributed by atoms with Crippen LogP contribution in [0.5, 0.6) is 17.2 Å². The summed E-state index contributed by atoms with van der Waals surface area (Å²) in [7, 11) is 0. The summed E-state index contributed by atoms with van der Waals surface area (Å²) in [5.74, 6) is 1.75. The van der Waals surface area contributed by atoms with Crippen molar-refractivity contribution >= 4 is 29.4 Å². The third-order valence-electron chi connectivity index (χ3n) is 4.53. The fourth-order valence-corrected chi connectivity index (χ4v) is 3.14. The van der Waals surface area contributed by atoms with Crippen LogP contribution in [0.4, 0.5) is 11.5 Å². The number of pyridine rings is 1. The zero-order valence-electron chi connectivity index (χ0n) is 17.1. The number of nitrogens with zero attached hydrogens (tertiary/aromatic N) is 1. The summed E-state index contributed by atoms with van der Waals surface area (Å²) in [6, 6.07) is 16.3. The predicted octanol–water partition coefficient (Wildman–Crippen LogP) is 4.56. The third-order valence-corrected chi connectivity index (χ3v) is 4.53. The summed E-state index contributed by atoms with van der Waals surface area (Å²) < 4.78 is 11.6. The Hall–Kier alpha value is -4.13. The maximum atomic E-state index is 12.7. The number of fused-ring (bicyclic) bond motifs is 1. The van der Waals surface area contributed by atoms with E-state index in [1.807, 2.05) is 31.2 Å². The molecule has 2 amide bonds. The fraction of sp³-hybridized carbons (Fsp3) is 0.125. The molecule has 0 unspecified atom stereocenters. The van der Waals surface area contributed by atoms with Gasteiger partial charge in [-0.2, -0.15) is 0 Å². The molecule has 0 saturated carbocycles. The maximum absolute atomic E-state index is 12.7. The summed E-state index contributed by atoms with van der Waals surface area (Å²) in [4.78, 5) is 27.9. The molecule has 0 saturated heterocycles. The summed E-state index contributed by atoms with van der Waals surface area (Å²) in [6.07, 6.45) is 3.35. The summed E-state index contributed by atoms with van der Waals surface area (Å²) >= 11 is 0. The second-order valence-electron chi connectivity index (χ2n) is 7.14. The van der Waals surface area contributed by atoms with Crippen molar-refractivity contribution in [3.05, 3.63) is 77.5 Å². The van der Waals surface area contributed by atoms with Crippen LogP contribution >= 0.6 is 0 Å². The minimum atomic E-state index is -0.211. The molecule has 31 heavy (non-hydrogen) atoms. The maximum Gasteiger partial charge on any atom is 0.255 e. The molecule has 1 aromatic heterocycles. The van der Waals surface area contributed by atoms with Crippen molar-refractivity contribution in [1.82, 2.24) is 4.98 Å². The largest absolute Gasteiger partial charge is 0.488 e. The molecular formula is C24H21N3O4. The number of aromatic nitrogens is 1. The number of anilines is 2. The summed E-state index contributed by atoms with van der Waals surface area (Å²) in [5, 5.41) is 5.52. The molecule has 156 valence electrons. The quantitative estimate of drug-likeness (QED) is 0.638. The first-order valence-corrected chi connectivity index (χ1v) is 9.73. The Kier molecular flexibility index (Phi) is 5.66. The van der Waals surface area contributed by atoms with Crippen LogP contribution in [0.1, 0.15) is 18.1 Å². The van der Waals surface area contributed by atoms with Crippen LogP contribution in [0.3, 0.4) is 0 Å². The Bertz CT molecular complexity index is 1190. The van der Waals surface area contributed by atoms with Crippen LogP contribution in [0.2, 0.25) is 0 Å². The number of carbonyl (C=O) groups excluding carboxylic acids is 2. The highest BCUT2D eigenvalue weighted by Crippen LogP contribution is 2.32. The highest BCUT2D eigenvalue weighted by molar-refractivity contribution is 6.07. The lowest BCUT2D eigenvalue weighted by atomic mass is 10.1. The van der Waals surface area contributed by atoms with Gasteiger partial charge in [0.2, 0.25) is 5.91 Å². The van der Waals surface area contributed by atoms with E-state index < -0.39 is 0 Å². The number of hydrogen-bond acceptors (Lipinski definition) is 5. The smallest absolute Gasteiger partial charge is 0.255 e. The highest BCUT2D eigenvalue weighted by Gasteiger charge is 2.18. The minimum absolute atomic E-state index is 0.190. The van der Waals surface area contributed by atoms with Gasteiger partial charge in [-0.15, -0.1) is 0 Å². The molecule has 2 aromatic carbocycles. The molecule has 7 heteroatoms. The van der Waals surface area contributed by atoms with E-state index in [0.29, 0.717) is 28.6 Å². The van der Waals surface area contributed by atoms with E-state index in [-0.39, 0.29) is 18.4 Å². The molecule has 2 heterocycles. The van der Waals surface area contributed by atoms with Crippen molar-refractivity contribution in [2.75, 3.05) is 17.2 Å². The van der Waals surface area contributed by atoms with E-state index in [0.717, 1.165) is 16.8 Å². The zero-order chi connectivity index (χ0) is 21.8. The van der Waals surface area contributed by atoms with Gasteiger partial charge in [0.1, 0.15) is 29.7 Å². The first-order valence-electron chi connectivity index (χ1n) is 9.73. The Balaban J connectivity index is 1.51. The summed E-state index contributed by atoms with van der Waals surface area (Å²) in [5.41, 5.74) is 3.07. The fourth-order valence-electron chi connectivity index (χ4n) is 3.14. The van der Waals surface area contributed by atoms with Gasteiger partial charge in [0.05, 0.1) is 5.57 Å². The Morgan fingerprint density at radius 2 is 1.87 bits per heavy atom. The zero-order valence-corrected chi connectivity index (χ0v) is 17.1. The average molecular weight is 415 g/mol. The second kappa shape index (κ2) is 8.71. The Labute approximate surface area is 179 Å². The molecule has 0 fully saturated rings. The molecule has 0 atom stereocenters. The minimum Gasteiger partial charge on any atom is -0.488 e. The van der Waals surface area contributed by atoms with Gasteiger partial charge in [0, 0.05) is 30.4 Å². The molecule has 0 spiro atoms. The number of amides is 2. The van der Waals surface area contributed by atoms with Crippen LogP contribution in [0, 0.1) is 6.92 Å². The predicted molar refractivity (Wildman–Crippen MR) is 118 cm³/mol. The number of carbonyl (C=O) groups is 2. The molecule has 3 aromatic rings. The lowest BCUT2D eigenvalue weighted by Crippen LogP contribution is -2.21. The van der Waals surface area contributed by atoms with Crippen LogP contribution < -0.4 is 20.1 Å². The first-order chi connectivity index (χ1) is 15.0. The molecule has 1 aliphatic heterocycles. The number of hydrogen-bond donors (Lipinski definition) is 2. The molecule has 4 rings (SSSR count). The lowest BCUT2D eigenvalue weighted by Gasteiger charge is -2.18. The Morgan fingerprint density at radius 1 is 1.03 bits per heavy atom. The molecule has 2 N–H and O–H groups in total. The van der Waals surface area contributed by atoms with Gasteiger partial charge in [-0.1, -0.05) is 12.1 Å². The van der Waals surface area contributed by atoms with E-state index in [4.69, 9.17) is 9.47 Å². The van der Waals surface area contributed by atoms with Gasteiger partial charge in [0.15, 0.2) is 0 Å². The normalized spacial score (nSPS) is 12.1. The second-order valence-corrected chi connectivity index (χ2v) is 7.14. The van der Waals surface area contributed by atoms with Gasteiger partial charge in [-0.25, -0.2) is 4.98 Å². The van der Waals surface area contributed by atoms with Crippen molar-refractivity contribution < 1.29 is 19.1 Å². The number of aryl methyl sites for hydroxylation is 1. The van der Waals surface area contributed by atoms with Crippen molar-refractivity contribution in [3.63, 3.8) is 0 Å².